The Morgan fingerprint density at radius 1 is 1.09 bits per heavy atom. The molecule has 0 spiro atoms. The first-order chi connectivity index (χ1) is 11.1. The molecule has 2 amide bonds. The van der Waals surface area contributed by atoms with Crippen molar-refractivity contribution in [2.45, 2.75) is 26.7 Å². The highest BCUT2D eigenvalue weighted by Gasteiger charge is 2.11. The van der Waals surface area contributed by atoms with Crippen molar-refractivity contribution in [2.24, 2.45) is 0 Å². The Labute approximate surface area is 136 Å². The van der Waals surface area contributed by atoms with Gasteiger partial charge < -0.3 is 10.6 Å². The van der Waals surface area contributed by atoms with E-state index < -0.39 is 0 Å². The van der Waals surface area contributed by atoms with Gasteiger partial charge in [0.15, 0.2) is 0 Å². The number of nitrogens with zero attached hydrogens (tertiary/aromatic N) is 1. The highest BCUT2D eigenvalue weighted by molar-refractivity contribution is 6.05. The molecule has 5 heteroatoms. The lowest BCUT2D eigenvalue weighted by molar-refractivity contribution is 0.0953. The second kappa shape index (κ2) is 8.08. The summed E-state index contributed by atoms with van der Waals surface area (Å²) in [6.07, 6.45) is 4.85. The molecule has 0 unspecified atom stereocenters. The number of unbranched alkanes of at least 4 members (excludes halogenated alkanes) is 1. The van der Waals surface area contributed by atoms with Crippen LogP contribution in [0.2, 0.25) is 0 Å². The highest BCUT2D eigenvalue weighted by atomic mass is 16.2. The molecule has 2 aromatic rings. The second-order valence-corrected chi connectivity index (χ2v) is 5.40. The van der Waals surface area contributed by atoms with E-state index in [9.17, 15) is 9.59 Å². The van der Waals surface area contributed by atoms with Crippen molar-refractivity contribution in [3.8, 4) is 0 Å². The van der Waals surface area contributed by atoms with Crippen LogP contribution in [0.1, 0.15) is 46.0 Å². The van der Waals surface area contributed by atoms with Gasteiger partial charge >= 0.3 is 0 Å². The molecule has 2 N–H and O–H groups in total. The predicted molar refractivity (Wildman–Crippen MR) is 90.6 cm³/mol. The largest absolute Gasteiger partial charge is 0.352 e. The SMILES string of the molecule is CCCCNC(=O)c1cncc(C(=O)Nc2cccc(C)c2)c1. The van der Waals surface area contributed by atoms with Gasteiger partial charge in [-0.25, -0.2) is 0 Å². The molecule has 0 fully saturated rings. The molecule has 0 bridgehead atoms. The summed E-state index contributed by atoms with van der Waals surface area (Å²) in [6.45, 7) is 4.64. The third-order valence-corrected chi connectivity index (χ3v) is 3.35. The number of aromatic nitrogens is 1. The van der Waals surface area contributed by atoms with Crippen LogP contribution in [0.15, 0.2) is 42.7 Å². The number of aryl methyl sites for hydroxylation is 1. The lowest BCUT2D eigenvalue weighted by atomic mass is 10.1. The van der Waals surface area contributed by atoms with Gasteiger partial charge in [0.1, 0.15) is 0 Å². The third kappa shape index (κ3) is 4.92. The number of hydrogen-bond donors (Lipinski definition) is 2. The van der Waals surface area contributed by atoms with Crippen LogP contribution in [0, 0.1) is 6.92 Å². The first-order valence-corrected chi connectivity index (χ1v) is 7.71. The van der Waals surface area contributed by atoms with Crippen molar-refractivity contribution in [2.75, 3.05) is 11.9 Å². The van der Waals surface area contributed by atoms with Gasteiger partial charge in [0.05, 0.1) is 11.1 Å². The quantitative estimate of drug-likeness (QED) is 0.805. The molecule has 0 radical (unpaired) electrons. The number of amides is 2. The molecule has 5 nitrogen and oxygen atoms in total. The number of anilines is 1. The van der Waals surface area contributed by atoms with Crippen molar-refractivity contribution < 1.29 is 9.59 Å². The Balaban J connectivity index is 2.06. The minimum Gasteiger partial charge on any atom is -0.352 e. The van der Waals surface area contributed by atoms with Gasteiger partial charge in [0.25, 0.3) is 11.8 Å². The van der Waals surface area contributed by atoms with Crippen LogP contribution >= 0.6 is 0 Å². The minimum absolute atomic E-state index is 0.212. The van der Waals surface area contributed by atoms with Crippen LogP contribution in [0.5, 0.6) is 0 Å². The lowest BCUT2D eigenvalue weighted by Crippen LogP contribution is -2.25. The lowest BCUT2D eigenvalue weighted by Gasteiger charge is -2.08. The molecular formula is C18H21N3O2. The van der Waals surface area contributed by atoms with Crippen molar-refractivity contribution in [1.82, 2.24) is 10.3 Å². The Bertz CT molecular complexity index is 698. The molecule has 0 saturated heterocycles. The maximum Gasteiger partial charge on any atom is 0.257 e. The maximum absolute atomic E-state index is 12.3. The summed E-state index contributed by atoms with van der Waals surface area (Å²) in [5.74, 6) is -0.498. The molecule has 1 heterocycles. The van der Waals surface area contributed by atoms with Crippen molar-refractivity contribution in [1.29, 1.82) is 0 Å². The Morgan fingerprint density at radius 3 is 2.52 bits per heavy atom. The van der Waals surface area contributed by atoms with Gasteiger partial charge in [0.2, 0.25) is 0 Å². The minimum atomic E-state index is -0.286. The van der Waals surface area contributed by atoms with Crippen molar-refractivity contribution in [3.05, 3.63) is 59.4 Å². The average molecular weight is 311 g/mol. The molecule has 120 valence electrons. The smallest absolute Gasteiger partial charge is 0.257 e. The molecular weight excluding hydrogens is 290 g/mol. The molecule has 0 saturated carbocycles. The Hall–Kier alpha value is -2.69. The predicted octanol–water partition coefficient (Wildman–Crippen LogP) is 3.17. The Morgan fingerprint density at radius 2 is 1.83 bits per heavy atom. The van der Waals surface area contributed by atoms with E-state index in [1.54, 1.807) is 6.07 Å². The fourth-order valence-corrected chi connectivity index (χ4v) is 2.10. The zero-order chi connectivity index (χ0) is 16.7. The average Bonchev–Trinajstić information content (AvgIpc) is 2.55. The van der Waals surface area contributed by atoms with Crippen LogP contribution in [0.25, 0.3) is 0 Å². The fraction of sp³-hybridized carbons (Fsp3) is 0.278. The highest BCUT2D eigenvalue weighted by Crippen LogP contribution is 2.12. The van der Waals surface area contributed by atoms with Crippen molar-refractivity contribution >= 4 is 17.5 Å². The summed E-state index contributed by atoms with van der Waals surface area (Å²) in [7, 11) is 0. The first kappa shape index (κ1) is 16.7. The fourth-order valence-electron chi connectivity index (χ4n) is 2.10. The summed E-state index contributed by atoms with van der Waals surface area (Å²) >= 11 is 0. The van der Waals surface area contributed by atoms with Crippen molar-refractivity contribution in [3.63, 3.8) is 0 Å². The van der Waals surface area contributed by atoms with Gasteiger partial charge in [-0.2, -0.15) is 0 Å². The normalized spacial score (nSPS) is 10.2. The first-order valence-electron chi connectivity index (χ1n) is 7.71. The molecule has 2 rings (SSSR count). The van der Waals surface area contributed by atoms with Gasteiger partial charge in [-0.15, -0.1) is 0 Å². The summed E-state index contributed by atoms with van der Waals surface area (Å²) < 4.78 is 0. The molecule has 0 aliphatic heterocycles. The summed E-state index contributed by atoms with van der Waals surface area (Å²) in [5, 5.41) is 5.62. The number of pyridine rings is 1. The van der Waals surface area contributed by atoms with E-state index in [4.69, 9.17) is 0 Å². The van der Waals surface area contributed by atoms with E-state index in [1.165, 1.54) is 12.4 Å². The number of carbonyl (C=O) groups excluding carboxylic acids is 2. The number of rotatable bonds is 6. The number of carbonyl (C=O) groups is 2. The van der Waals surface area contributed by atoms with E-state index in [2.05, 4.69) is 22.5 Å². The maximum atomic E-state index is 12.3. The van der Waals surface area contributed by atoms with E-state index in [-0.39, 0.29) is 11.8 Å². The van der Waals surface area contributed by atoms with Crippen LogP contribution in [-0.2, 0) is 0 Å². The van der Waals surface area contributed by atoms with E-state index in [0.717, 1.165) is 18.4 Å². The zero-order valence-electron chi connectivity index (χ0n) is 13.4. The summed E-state index contributed by atoms with van der Waals surface area (Å²) in [5.41, 5.74) is 2.52. The van der Waals surface area contributed by atoms with Gasteiger partial charge in [-0.3, -0.25) is 14.6 Å². The standard InChI is InChI=1S/C18H21N3O2/c1-3-4-8-20-17(22)14-10-15(12-19-11-14)18(23)21-16-7-5-6-13(2)9-16/h5-7,9-12H,3-4,8H2,1-2H3,(H,20,22)(H,21,23). The Kier molecular flexibility index (Phi) is 5.86. The number of nitrogens with one attached hydrogen (secondary N) is 2. The molecule has 0 atom stereocenters. The number of benzene rings is 1. The van der Waals surface area contributed by atoms with Gasteiger partial charge in [-0.05, 0) is 37.1 Å². The van der Waals surface area contributed by atoms with Crippen LogP contribution in [0.3, 0.4) is 0 Å². The van der Waals surface area contributed by atoms with Crippen LogP contribution in [-0.4, -0.2) is 23.3 Å². The van der Waals surface area contributed by atoms with Gasteiger partial charge in [0, 0.05) is 24.6 Å². The molecule has 1 aromatic carbocycles. The zero-order valence-corrected chi connectivity index (χ0v) is 13.4. The topological polar surface area (TPSA) is 71.1 Å². The summed E-state index contributed by atoms with van der Waals surface area (Å²) in [6, 6.07) is 9.09. The molecule has 1 aromatic heterocycles. The van der Waals surface area contributed by atoms with Gasteiger partial charge in [-0.1, -0.05) is 25.5 Å². The monoisotopic (exact) mass is 311 g/mol. The molecule has 23 heavy (non-hydrogen) atoms. The molecule has 0 aliphatic carbocycles. The van der Waals surface area contributed by atoms with E-state index in [1.807, 2.05) is 31.2 Å². The summed E-state index contributed by atoms with van der Waals surface area (Å²) in [4.78, 5) is 28.3. The van der Waals surface area contributed by atoms with E-state index >= 15 is 0 Å². The van der Waals surface area contributed by atoms with E-state index in [0.29, 0.717) is 23.4 Å². The number of hydrogen-bond acceptors (Lipinski definition) is 3. The van der Waals surface area contributed by atoms with Crippen LogP contribution in [0.4, 0.5) is 5.69 Å². The molecule has 0 aliphatic rings. The second-order valence-electron chi connectivity index (χ2n) is 5.40. The van der Waals surface area contributed by atoms with Crippen LogP contribution < -0.4 is 10.6 Å². The third-order valence-electron chi connectivity index (χ3n) is 3.35.